The van der Waals surface area contributed by atoms with Crippen molar-refractivity contribution >= 4 is 4.46 Å². The zero-order valence-electron chi connectivity index (χ0n) is 4.11. The second kappa shape index (κ2) is 2.21. The second-order valence-corrected chi connectivity index (χ2v) is 2.10. The van der Waals surface area contributed by atoms with Gasteiger partial charge in [-0.15, -0.1) is 0 Å². The second-order valence-electron chi connectivity index (χ2n) is 1.47. The maximum absolute atomic E-state index is 8.77. The third-order valence-electron chi connectivity index (χ3n) is 0.801. The van der Waals surface area contributed by atoms with E-state index < -0.39 is 0 Å². The Labute approximate surface area is 56.2 Å². The number of hydrogen-bond acceptors (Lipinski definition) is 1. The standard InChI is InChI=1S/C6H5O.Fe/c7-6-4-2-1-3-5-6;/h1-2,4-5,7H;. The third-order valence-corrected chi connectivity index (χ3v) is 1.14. The van der Waals surface area contributed by atoms with E-state index >= 15 is 0 Å². The van der Waals surface area contributed by atoms with Crippen LogP contribution in [0.25, 0.3) is 0 Å². The predicted molar refractivity (Wildman–Crippen MR) is 27.7 cm³/mol. The van der Waals surface area contributed by atoms with Crippen molar-refractivity contribution in [2.24, 2.45) is 0 Å². The Morgan fingerprint density at radius 1 is 1.38 bits per heavy atom. The molecule has 0 amide bonds. The van der Waals surface area contributed by atoms with E-state index in [1.165, 1.54) is 0 Å². The number of aromatic hydroxyl groups is 1. The van der Waals surface area contributed by atoms with Crippen LogP contribution in [-0.4, -0.2) is 5.11 Å². The van der Waals surface area contributed by atoms with Gasteiger partial charge in [0.2, 0.25) is 0 Å². The van der Waals surface area contributed by atoms with Crippen LogP contribution in [0.4, 0.5) is 0 Å². The molecule has 0 unspecified atom stereocenters. The summed E-state index contributed by atoms with van der Waals surface area (Å²) in [6, 6.07) is 6.83. The van der Waals surface area contributed by atoms with Gasteiger partial charge in [0, 0.05) is 0 Å². The molecular formula is C6H5FeO. The van der Waals surface area contributed by atoms with Crippen molar-refractivity contribution in [3.05, 3.63) is 24.3 Å². The molecule has 0 saturated carbocycles. The van der Waals surface area contributed by atoms with Gasteiger partial charge in [0.05, 0.1) is 0 Å². The number of hydrogen-bond donors (Lipinski definition) is 1. The minimum absolute atomic E-state index is 0.275. The molecule has 0 bridgehead atoms. The first-order chi connectivity index (χ1) is 3.79. The molecule has 1 nitrogen and oxygen atoms in total. The molecule has 0 saturated heterocycles. The fourth-order valence-corrected chi connectivity index (χ4v) is 0.740. The normalized spacial score (nSPS) is 9.12. The number of phenols is 1. The predicted octanol–water partition coefficient (Wildman–Crippen LogP) is 0.564. The van der Waals surface area contributed by atoms with Gasteiger partial charge in [-0.25, -0.2) is 0 Å². The van der Waals surface area contributed by atoms with Crippen LogP contribution < -0.4 is 4.46 Å². The van der Waals surface area contributed by atoms with Gasteiger partial charge in [-0.2, -0.15) is 0 Å². The summed E-state index contributed by atoms with van der Waals surface area (Å²) in [5.74, 6) is 0.275. The van der Waals surface area contributed by atoms with Crippen LogP contribution in [-0.2, 0) is 16.0 Å². The average molecular weight is 149 g/mol. The third kappa shape index (κ3) is 1.25. The van der Waals surface area contributed by atoms with Gasteiger partial charge in [0.25, 0.3) is 0 Å². The monoisotopic (exact) mass is 149 g/mol. The van der Waals surface area contributed by atoms with Crippen molar-refractivity contribution in [2.75, 3.05) is 0 Å². The first-order valence-electron chi connectivity index (χ1n) is 2.22. The van der Waals surface area contributed by atoms with Crippen LogP contribution >= 0.6 is 0 Å². The summed E-state index contributed by atoms with van der Waals surface area (Å²) in [7, 11) is 0. The van der Waals surface area contributed by atoms with E-state index in [9.17, 15) is 0 Å². The van der Waals surface area contributed by atoms with Crippen molar-refractivity contribution in [3.8, 4) is 5.75 Å². The van der Waals surface area contributed by atoms with E-state index in [2.05, 4.69) is 16.0 Å². The molecule has 1 aromatic carbocycles. The Bertz CT molecular complexity index is 168. The zero-order chi connectivity index (χ0) is 5.98. The van der Waals surface area contributed by atoms with Crippen molar-refractivity contribution in [2.45, 2.75) is 0 Å². The van der Waals surface area contributed by atoms with Crippen molar-refractivity contribution in [1.29, 1.82) is 0 Å². The summed E-state index contributed by atoms with van der Waals surface area (Å²) in [5.41, 5.74) is 0. The van der Waals surface area contributed by atoms with Gasteiger partial charge in [-0.3, -0.25) is 0 Å². The van der Waals surface area contributed by atoms with Gasteiger partial charge in [0.1, 0.15) is 0 Å². The summed E-state index contributed by atoms with van der Waals surface area (Å²) >= 11 is 3.62. The molecule has 0 aliphatic rings. The summed E-state index contributed by atoms with van der Waals surface area (Å²) in [6.07, 6.45) is 0. The van der Waals surface area contributed by atoms with E-state index in [1.807, 2.05) is 6.07 Å². The maximum atomic E-state index is 8.77. The molecule has 43 valence electrons. The molecular weight excluding hydrogens is 144 g/mol. The molecule has 1 N–H and O–H groups in total. The average Bonchev–Trinajstić information content (AvgIpc) is 1.64. The molecule has 0 atom stereocenters. The van der Waals surface area contributed by atoms with Gasteiger partial charge >= 0.3 is 55.6 Å². The number of rotatable bonds is 0. The summed E-state index contributed by atoms with van der Waals surface area (Å²) in [5, 5.41) is 8.77. The van der Waals surface area contributed by atoms with E-state index in [1.54, 1.807) is 18.2 Å². The summed E-state index contributed by atoms with van der Waals surface area (Å²) in [4.78, 5) is 0. The molecule has 2 heteroatoms. The van der Waals surface area contributed by atoms with Gasteiger partial charge in [0.15, 0.2) is 0 Å². The Morgan fingerprint density at radius 3 is 2.50 bits per heavy atom. The Hall–Kier alpha value is -0.461. The van der Waals surface area contributed by atoms with Crippen LogP contribution in [0.15, 0.2) is 24.3 Å². The zero-order valence-corrected chi connectivity index (χ0v) is 5.21. The SMILES string of the molecule is Oc1ccc[c]([Fe])c1. The van der Waals surface area contributed by atoms with Crippen LogP contribution in [0, 0.1) is 0 Å². The number of phenolic OH excluding ortho intramolecular Hbond substituents is 1. The quantitative estimate of drug-likeness (QED) is 0.534. The van der Waals surface area contributed by atoms with Crippen LogP contribution in [0.1, 0.15) is 0 Å². The molecule has 8 heavy (non-hydrogen) atoms. The van der Waals surface area contributed by atoms with Gasteiger partial charge < -0.3 is 0 Å². The molecule has 1 aromatic rings. The van der Waals surface area contributed by atoms with Crippen molar-refractivity contribution < 1.29 is 21.1 Å². The summed E-state index contributed by atoms with van der Waals surface area (Å²) < 4.78 is 0.838. The topological polar surface area (TPSA) is 20.2 Å². The van der Waals surface area contributed by atoms with E-state index in [0.29, 0.717) is 0 Å². The van der Waals surface area contributed by atoms with Gasteiger partial charge in [-0.05, 0) is 0 Å². The van der Waals surface area contributed by atoms with E-state index in [0.717, 1.165) is 4.46 Å². The van der Waals surface area contributed by atoms with E-state index in [4.69, 9.17) is 5.11 Å². The van der Waals surface area contributed by atoms with Crippen LogP contribution in [0.3, 0.4) is 0 Å². The fourth-order valence-electron chi connectivity index (χ4n) is 0.470. The molecule has 1 rings (SSSR count). The molecule has 0 aliphatic carbocycles. The molecule has 0 aliphatic heterocycles. The molecule has 0 fully saturated rings. The first-order valence-corrected chi connectivity index (χ1v) is 2.77. The molecule has 0 radical (unpaired) electrons. The fraction of sp³-hybridized carbons (Fsp3) is 0. The Morgan fingerprint density at radius 2 is 2.12 bits per heavy atom. The van der Waals surface area contributed by atoms with Crippen LogP contribution in [0.5, 0.6) is 5.75 Å². The van der Waals surface area contributed by atoms with Gasteiger partial charge in [-0.1, -0.05) is 0 Å². The molecule has 0 spiro atoms. The van der Waals surface area contributed by atoms with Crippen molar-refractivity contribution in [1.82, 2.24) is 0 Å². The summed E-state index contributed by atoms with van der Waals surface area (Å²) in [6.45, 7) is 0. The molecule has 0 heterocycles. The van der Waals surface area contributed by atoms with E-state index in [-0.39, 0.29) is 5.75 Å². The Kier molecular flexibility index (Phi) is 1.56. The first kappa shape index (κ1) is 5.67. The number of benzene rings is 1. The Balaban J connectivity index is 3.08. The molecule has 0 aromatic heterocycles. The van der Waals surface area contributed by atoms with Crippen molar-refractivity contribution in [3.63, 3.8) is 0 Å². The van der Waals surface area contributed by atoms with Crippen LogP contribution in [0.2, 0.25) is 0 Å². The minimum atomic E-state index is 0.275.